The molecule has 2 heterocycles. The molecule has 2 aromatic heterocycles. The normalized spacial score (nSPS) is 12.6. The van der Waals surface area contributed by atoms with Gasteiger partial charge >= 0.3 is 0 Å². The summed E-state index contributed by atoms with van der Waals surface area (Å²) in [6, 6.07) is 3.44. The summed E-state index contributed by atoms with van der Waals surface area (Å²) >= 11 is 0. The van der Waals surface area contributed by atoms with Crippen molar-refractivity contribution in [1.82, 2.24) is 15.5 Å². The van der Waals surface area contributed by atoms with Crippen molar-refractivity contribution in [3.8, 4) is 0 Å². The predicted molar refractivity (Wildman–Crippen MR) is 76.4 cm³/mol. The van der Waals surface area contributed by atoms with Gasteiger partial charge in [0.25, 0.3) is 0 Å². The average Bonchev–Trinajstić information content (AvgIpc) is 3.06. The predicted octanol–water partition coefficient (Wildman–Crippen LogP) is 2.81. The van der Waals surface area contributed by atoms with Crippen molar-refractivity contribution in [3.63, 3.8) is 0 Å². The molecule has 0 bridgehead atoms. The molecule has 1 atom stereocenters. The van der Waals surface area contributed by atoms with E-state index in [0.29, 0.717) is 30.5 Å². The summed E-state index contributed by atoms with van der Waals surface area (Å²) in [5.41, 5.74) is 0. The van der Waals surface area contributed by atoms with Crippen molar-refractivity contribution in [1.29, 1.82) is 0 Å². The number of nitrogens with zero attached hydrogens (tertiary/aromatic N) is 2. The van der Waals surface area contributed by atoms with E-state index in [9.17, 15) is 4.79 Å². The Morgan fingerprint density at radius 2 is 2.19 bits per heavy atom. The maximum Gasteiger partial charge on any atom is 0.238 e. The Kier molecular flexibility index (Phi) is 5.14. The fourth-order valence-electron chi connectivity index (χ4n) is 2.10. The van der Waals surface area contributed by atoms with Crippen molar-refractivity contribution < 1.29 is 13.6 Å². The highest BCUT2D eigenvalue weighted by atomic mass is 16.4. The molecule has 0 saturated carbocycles. The van der Waals surface area contributed by atoms with Gasteiger partial charge in [0.15, 0.2) is 0 Å². The molecule has 0 spiro atoms. The smallest absolute Gasteiger partial charge is 0.238 e. The maximum atomic E-state index is 12.1. The fourth-order valence-corrected chi connectivity index (χ4v) is 2.10. The van der Waals surface area contributed by atoms with Gasteiger partial charge in [-0.2, -0.15) is 0 Å². The van der Waals surface area contributed by atoms with Gasteiger partial charge in [-0.15, -0.1) is 10.2 Å². The summed E-state index contributed by atoms with van der Waals surface area (Å²) in [7, 11) is 0. The van der Waals surface area contributed by atoms with E-state index in [0.717, 1.165) is 12.2 Å². The van der Waals surface area contributed by atoms with Crippen molar-refractivity contribution in [2.24, 2.45) is 5.92 Å². The SMILES string of the molecule is Cc1nnc(C(CC(C)C)NC(=O)CCc2ccco2)o1. The van der Waals surface area contributed by atoms with Crippen LogP contribution >= 0.6 is 0 Å². The van der Waals surface area contributed by atoms with Crippen LogP contribution in [0.5, 0.6) is 0 Å². The minimum atomic E-state index is -0.240. The molecule has 0 aliphatic heterocycles. The molecule has 6 nitrogen and oxygen atoms in total. The van der Waals surface area contributed by atoms with Crippen LogP contribution in [0.2, 0.25) is 0 Å². The van der Waals surface area contributed by atoms with Crippen LogP contribution in [0, 0.1) is 12.8 Å². The first-order chi connectivity index (χ1) is 10.0. The number of aromatic nitrogens is 2. The lowest BCUT2D eigenvalue weighted by Crippen LogP contribution is -2.30. The lowest BCUT2D eigenvalue weighted by molar-refractivity contribution is -0.122. The van der Waals surface area contributed by atoms with Crippen LogP contribution in [0.3, 0.4) is 0 Å². The Morgan fingerprint density at radius 1 is 1.38 bits per heavy atom. The number of aryl methyl sites for hydroxylation is 2. The Balaban J connectivity index is 1.92. The minimum Gasteiger partial charge on any atom is -0.469 e. The van der Waals surface area contributed by atoms with E-state index in [4.69, 9.17) is 8.83 Å². The zero-order chi connectivity index (χ0) is 15.2. The molecule has 0 aromatic carbocycles. The molecule has 0 saturated heterocycles. The van der Waals surface area contributed by atoms with Crippen LogP contribution in [0.25, 0.3) is 0 Å². The van der Waals surface area contributed by atoms with Crippen molar-refractivity contribution >= 4 is 5.91 Å². The average molecular weight is 291 g/mol. The first kappa shape index (κ1) is 15.3. The molecule has 0 radical (unpaired) electrons. The van der Waals surface area contributed by atoms with Crippen LogP contribution < -0.4 is 5.32 Å². The molecule has 0 fully saturated rings. The maximum absolute atomic E-state index is 12.1. The van der Waals surface area contributed by atoms with E-state index in [1.54, 1.807) is 13.2 Å². The first-order valence-electron chi connectivity index (χ1n) is 7.16. The third kappa shape index (κ3) is 4.73. The van der Waals surface area contributed by atoms with E-state index in [2.05, 4.69) is 29.4 Å². The molecular weight excluding hydrogens is 270 g/mol. The molecule has 0 aliphatic rings. The molecule has 114 valence electrons. The minimum absolute atomic E-state index is 0.0482. The van der Waals surface area contributed by atoms with Gasteiger partial charge in [-0.05, 0) is 24.5 Å². The van der Waals surface area contributed by atoms with Gasteiger partial charge in [0.1, 0.15) is 11.8 Å². The van der Waals surface area contributed by atoms with Crippen LogP contribution in [-0.2, 0) is 11.2 Å². The zero-order valence-electron chi connectivity index (χ0n) is 12.6. The molecule has 1 amide bonds. The zero-order valence-corrected chi connectivity index (χ0v) is 12.6. The molecule has 6 heteroatoms. The Labute approximate surface area is 123 Å². The number of amides is 1. The molecule has 2 rings (SSSR count). The topological polar surface area (TPSA) is 81.2 Å². The number of hydrogen-bond acceptors (Lipinski definition) is 5. The van der Waals surface area contributed by atoms with Crippen LogP contribution in [-0.4, -0.2) is 16.1 Å². The summed E-state index contributed by atoms with van der Waals surface area (Å²) in [5, 5.41) is 10.8. The van der Waals surface area contributed by atoms with E-state index in [1.807, 2.05) is 12.1 Å². The van der Waals surface area contributed by atoms with Crippen molar-refractivity contribution in [3.05, 3.63) is 35.9 Å². The van der Waals surface area contributed by atoms with Crippen LogP contribution in [0.15, 0.2) is 27.2 Å². The summed E-state index contributed by atoms with van der Waals surface area (Å²) in [5.74, 6) is 2.14. The van der Waals surface area contributed by atoms with Gasteiger partial charge in [-0.25, -0.2) is 0 Å². The van der Waals surface area contributed by atoms with Gasteiger partial charge in [-0.3, -0.25) is 4.79 Å². The number of rotatable bonds is 7. The van der Waals surface area contributed by atoms with Gasteiger partial charge in [0.2, 0.25) is 17.7 Å². The third-order valence-electron chi connectivity index (χ3n) is 3.06. The number of hydrogen-bond donors (Lipinski definition) is 1. The molecule has 2 aromatic rings. The van der Waals surface area contributed by atoms with Crippen LogP contribution in [0.4, 0.5) is 0 Å². The van der Waals surface area contributed by atoms with Crippen LogP contribution in [0.1, 0.15) is 50.3 Å². The fraction of sp³-hybridized carbons (Fsp3) is 0.533. The van der Waals surface area contributed by atoms with E-state index in [-0.39, 0.29) is 11.9 Å². The second kappa shape index (κ2) is 7.06. The Morgan fingerprint density at radius 3 is 2.76 bits per heavy atom. The number of carbonyl (C=O) groups excluding carboxylic acids is 1. The first-order valence-corrected chi connectivity index (χ1v) is 7.16. The Bertz CT molecular complexity index is 560. The van der Waals surface area contributed by atoms with Gasteiger partial charge in [0, 0.05) is 19.8 Å². The monoisotopic (exact) mass is 291 g/mol. The summed E-state index contributed by atoms with van der Waals surface area (Å²) < 4.78 is 10.7. The second-order valence-corrected chi connectivity index (χ2v) is 5.49. The number of carbonyl (C=O) groups is 1. The van der Waals surface area contributed by atoms with Gasteiger partial charge < -0.3 is 14.2 Å². The van der Waals surface area contributed by atoms with Crippen molar-refractivity contribution in [2.75, 3.05) is 0 Å². The molecule has 1 unspecified atom stereocenters. The standard InChI is InChI=1S/C15H21N3O3/c1-10(2)9-13(15-18-17-11(3)21-15)16-14(19)7-6-12-5-4-8-20-12/h4-5,8,10,13H,6-7,9H2,1-3H3,(H,16,19). The third-order valence-corrected chi connectivity index (χ3v) is 3.06. The molecule has 1 N–H and O–H groups in total. The highest BCUT2D eigenvalue weighted by Crippen LogP contribution is 2.20. The summed E-state index contributed by atoms with van der Waals surface area (Å²) in [6.45, 7) is 5.91. The summed E-state index contributed by atoms with van der Waals surface area (Å²) in [6.07, 6.45) is 3.31. The molecular formula is C15H21N3O3. The quantitative estimate of drug-likeness (QED) is 0.848. The largest absolute Gasteiger partial charge is 0.469 e. The number of furan rings is 1. The Hall–Kier alpha value is -2.11. The van der Waals surface area contributed by atoms with Crippen molar-refractivity contribution in [2.45, 2.75) is 46.1 Å². The van der Waals surface area contributed by atoms with Gasteiger partial charge in [0.05, 0.1) is 6.26 Å². The summed E-state index contributed by atoms with van der Waals surface area (Å²) in [4.78, 5) is 12.1. The second-order valence-electron chi connectivity index (χ2n) is 5.49. The lowest BCUT2D eigenvalue weighted by Gasteiger charge is -2.17. The van der Waals surface area contributed by atoms with E-state index in [1.165, 1.54) is 0 Å². The van der Waals surface area contributed by atoms with Gasteiger partial charge in [-0.1, -0.05) is 13.8 Å². The van der Waals surface area contributed by atoms with E-state index >= 15 is 0 Å². The molecule has 21 heavy (non-hydrogen) atoms. The highest BCUT2D eigenvalue weighted by Gasteiger charge is 2.21. The highest BCUT2D eigenvalue weighted by molar-refractivity contribution is 5.76. The number of nitrogens with one attached hydrogen (secondary N) is 1. The molecule has 0 aliphatic carbocycles. The lowest BCUT2D eigenvalue weighted by atomic mass is 10.0. The van der Waals surface area contributed by atoms with E-state index < -0.39 is 0 Å².